The van der Waals surface area contributed by atoms with Crippen molar-refractivity contribution in [2.24, 2.45) is 0 Å². The van der Waals surface area contributed by atoms with E-state index in [4.69, 9.17) is 4.74 Å². The van der Waals surface area contributed by atoms with Crippen LogP contribution in [0.25, 0.3) is 11.3 Å². The number of carbonyl (C=O) groups excluding carboxylic acids is 1. The van der Waals surface area contributed by atoms with Crippen LogP contribution in [0.3, 0.4) is 0 Å². The molecule has 3 atom stereocenters. The van der Waals surface area contributed by atoms with Crippen LogP contribution in [0.5, 0.6) is 0 Å². The van der Waals surface area contributed by atoms with Crippen molar-refractivity contribution in [2.75, 3.05) is 26.2 Å². The largest absolute Gasteiger partial charge is 0.373 e. The van der Waals surface area contributed by atoms with Gasteiger partial charge in [0.05, 0.1) is 12.2 Å². The van der Waals surface area contributed by atoms with E-state index in [0.29, 0.717) is 6.54 Å². The van der Waals surface area contributed by atoms with Crippen LogP contribution in [0.4, 0.5) is 0 Å². The van der Waals surface area contributed by atoms with Gasteiger partial charge in [0.25, 0.3) is 11.5 Å². The smallest absolute Gasteiger partial charge is 0.261 e. The Morgan fingerprint density at radius 2 is 1.83 bits per heavy atom. The second kappa shape index (κ2) is 8.51. The maximum Gasteiger partial charge on any atom is 0.261 e. The van der Waals surface area contributed by atoms with Crippen LogP contribution < -0.4 is 5.56 Å². The Morgan fingerprint density at radius 1 is 1.10 bits per heavy atom. The van der Waals surface area contributed by atoms with Crippen molar-refractivity contribution in [3.63, 3.8) is 0 Å². The number of hydrogen-bond donors (Lipinski definition) is 1. The topological polar surface area (TPSA) is 65.6 Å². The molecule has 2 saturated heterocycles. The zero-order valence-electron chi connectivity index (χ0n) is 17.1. The van der Waals surface area contributed by atoms with Crippen LogP contribution in [-0.4, -0.2) is 65.1 Å². The number of likely N-dealkylation sites (tertiary alicyclic amines) is 1. The maximum absolute atomic E-state index is 13.2. The van der Waals surface area contributed by atoms with E-state index >= 15 is 0 Å². The third-order valence-electron chi connectivity index (χ3n) is 5.83. The Hall–Kier alpha value is -2.44. The van der Waals surface area contributed by atoms with Crippen LogP contribution >= 0.6 is 0 Å². The third kappa shape index (κ3) is 4.43. The van der Waals surface area contributed by atoms with E-state index in [2.05, 4.69) is 23.7 Å². The van der Waals surface area contributed by atoms with Crippen molar-refractivity contribution < 1.29 is 9.53 Å². The number of nitrogens with one attached hydrogen (secondary N) is 1. The van der Waals surface area contributed by atoms with Crippen LogP contribution in [-0.2, 0) is 4.74 Å². The van der Waals surface area contributed by atoms with Gasteiger partial charge in [-0.1, -0.05) is 30.3 Å². The second-order valence-electron chi connectivity index (χ2n) is 8.25. The highest BCUT2D eigenvalue weighted by Gasteiger charge is 2.33. The fraction of sp³-hybridized carbons (Fsp3) is 0.478. The molecule has 0 aliphatic carbocycles. The van der Waals surface area contributed by atoms with E-state index in [0.717, 1.165) is 43.7 Å². The van der Waals surface area contributed by atoms with Gasteiger partial charge in [-0.3, -0.25) is 14.5 Å². The lowest BCUT2D eigenvalue weighted by atomic mass is 10.1. The number of amides is 1. The van der Waals surface area contributed by atoms with Gasteiger partial charge >= 0.3 is 0 Å². The molecule has 2 aliphatic heterocycles. The summed E-state index contributed by atoms with van der Waals surface area (Å²) in [6.45, 7) is 7.50. The summed E-state index contributed by atoms with van der Waals surface area (Å²) in [6, 6.07) is 13.3. The fourth-order valence-electron chi connectivity index (χ4n) is 4.61. The molecule has 4 rings (SSSR count). The van der Waals surface area contributed by atoms with Crippen LogP contribution in [0.1, 0.15) is 37.0 Å². The first-order valence-corrected chi connectivity index (χ1v) is 10.5. The molecule has 0 bridgehead atoms. The molecule has 2 aromatic rings. The zero-order chi connectivity index (χ0) is 20.4. The molecule has 3 heterocycles. The minimum absolute atomic E-state index is 0.146. The summed E-state index contributed by atoms with van der Waals surface area (Å²) in [5, 5.41) is 0. The first kappa shape index (κ1) is 19.9. The van der Waals surface area contributed by atoms with E-state index in [1.54, 1.807) is 6.07 Å². The fourth-order valence-corrected chi connectivity index (χ4v) is 4.61. The van der Waals surface area contributed by atoms with Gasteiger partial charge in [0.15, 0.2) is 0 Å². The molecule has 6 nitrogen and oxygen atoms in total. The summed E-state index contributed by atoms with van der Waals surface area (Å²) >= 11 is 0. The molecule has 0 saturated carbocycles. The summed E-state index contributed by atoms with van der Waals surface area (Å²) in [6.07, 6.45) is 2.37. The third-order valence-corrected chi connectivity index (χ3v) is 5.83. The van der Waals surface area contributed by atoms with E-state index < -0.39 is 0 Å². The summed E-state index contributed by atoms with van der Waals surface area (Å²) in [5.41, 5.74) is 1.55. The Kier molecular flexibility index (Phi) is 5.83. The Labute approximate surface area is 171 Å². The van der Waals surface area contributed by atoms with Crippen molar-refractivity contribution >= 4 is 5.91 Å². The number of hydrogen-bond acceptors (Lipinski definition) is 4. The molecular formula is C23H29N3O3. The SMILES string of the molecule is CC1CN(CC2CCCN2C(=O)c2ccc(-c3ccccc3)[nH]c2=O)CC(C)O1. The lowest BCUT2D eigenvalue weighted by Gasteiger charge is -2.38. The number of ether oxygens (including phenoxy) is 1. The number of pyridine rings is 1. The van der Waals surface area contributed by atoms with Gasteiger partial charge in [-0.05, 0) is 44.4 Å². The molecule has 1 amide bonds. The molecule has 1 aromatic heterocycles. The summed E-state index contributed by atoms with van der Waals surface area (Å²) in [4.78, 5) is 33.0. The maximum atomic E-state index is 13.2. The minimum atomic E-state index is -0.323. The predicted octanol–water partition coefficient (Wildman–Crippen LogP) is 2.76. The molecule has 154 valence electrons. The molecular weight excluding hydrogens is 366 g/mol. The van der Waals surface area contributed by atoms with Crippen molar-refractivity contribution in [3.05, 3.63) is 58.4 Å². The standard InChI is InChI=1S/C23H29N3O3/c1-16-13-25(14-17(2)29-16)15-19-9-6-12-26(19)23(28)20-10-11-21(24-22(20)27)18-7-4-3-5-8-18/h3-5,7-8,10-11,16-17,19H,6,9,12-15H2,1-2H3,(H,24,27). The number of H-pyrrole nitrogens is 1. The molecule has 3 unspecified atom stereocenters. The highest BCUT2D eigenvalue weighted by atomic mass is 16.5. The van der Waals surface area contributed by atoms with Gasteiger partial charge in [0.2, 0.25) is 0 Å². The number of nitrogens with zero attached hydrogens (tertiary/aromatic N) is 2. The summed E-state index contributed by atoms with van der Waals surface area (Å²) in [5.74, 6) is -0.164. The van der Waals surface area contributed by atoms with Crippen molar-refractivity contribution in [3.8, 4) is 11.3 Å². The minimum Gasteiger partial charge on any atom is -0.373 e. The Morgan fingerprint density at radius 3 is 2.52 bits per heavy atom. The van der Waals surface area contributed by atoms with Gasteiger partial charge < -0.3 is 14.6 Å². The van der Waals surface area contributed by atoms with Crippen LogP contribution in [0.2, 0.25) is 0 Å². The average molecular weight is 396 g/mol. The number of benzene rings is 1. The molecule has 6 heteroatoms. The highest BCUT2D eigenvalue weighted by Crippen LogP contribution is 2.23. The lowest BCUT2D eigenvalue weighted by molar-refractivity contribution is -0.0715. The molecule has 0 radical (unpaired) electrons. The first-order chi connectivity index (χ1) is 14.0. The molecule has 1 aromatic carbocycles. The predicted molar refractivity (Wildman–Crippen MR) is 113 cm³/mol. The quantitative estimate of drug-likeness (QED) is 0.865. The van der Waals surface area contributed by atoms with E-state index in [9.17, 15) is 9.59 Å². The summed E-state index contributed by atoms with van der Waals surface area (Å²) < 4.78 is 5.82. The first-order valence-electron chi connectivity index (χ1n) is 10.5. The van der Waals surface area contributed by atoms with Gasteiger partial charge in [-0.2, -0.15) is 0 Å². The molecule has 29 heavy (non-hydrogen) atoms. The van der Waals surface area contributed by atoms with Crippen LogP contribution in [0, 0.1) is 0 Å². The normalized spacial score (nSPS) is 25.3. The van der Waals surface area contributed by atoms with Crippen molar-refractivity contribution in [1.29, 1.82) is 0 Å². The van der Waals surface area contributed by atoms with Gasteiger partial charge in [0.1, 0.15) is 5.56 Å². The number of rotatable bonds is 4. The second-order valence-corrected chi connectivity index (χ2v) is 8.25. The average Bonchev–Trinajstić information content (AvgIpc) is 3.15. The number of morpholine rings is 1. The number of carbonyl (C=O) groups is 1. The zero-order valence-corrected chi connectivity index (χ0v) is 17.1. The Balaban J connectivity index is 1.49. The van der Waals surface area contributed by atoms with Crippen molar-refractivity contribution in [1.82, 2.24) is 14.8 Å². The van der Waals surface area contributed by atoms with Crippen LogP contribution in [0.15, 0.2) is 47.3 Å². The lowest BCUT2D eigenvalue weighted by Crippen LogP contribution is -2.51. The van der Waals surface area contributed by atoms with E-state index in [1.165, 1.54) is 0 Å². The monoisotopic (exact) mass is 395 g/mol. The van der Waals surface area contributed by atoms with Gasteiger partial charge in [-0.15, -0.1) is 0 Å². The number of aromatic nitrogens is 1. The van der Waals surface area contributed by atoms with E-state index in [1.807, 2.05) is 41.3 Å². The number of aromatic amines is 1. The molecule has 1 N–H and O–H groups in total. The molecule has 0 spiro atoms. The van der Waals surface area contributed by atoms with Gasteiger partial charge in [0, 0.05) is 37.9 Å². The van der Waals surface area contributed by atoms with Gasteiger partial charge in [-0.25, -0.2) is 0 Å². The molecule has 2 fully saturated rings. The van der Waals surface area contributed by atoms with Crippen molar-refractivity contribution in [2.45, 2.75) is 44.9 Å². The van der Waals surface area contributed by atoms with E-state index in [-0.39, 0.29) is 35.3 Å². The molecule has 2 aliphatic rings. The summed E-state index contributed by atoms with van der Waals surface area (Å²) in [7, 11) is 0. The highest BCUT2D eigenvalue weighted by molar-refractivity contribution is 5.94. The Bertz CT molecular complexity index is 901.